The normalized spacial score (nSPS) is 21.7. The Morgan fingerprint density at radius 1 is 1.21 bits per heavy atom. The number of aromatic amines is 1. The van der Waals surface area contributed by atoms with Gasteiger partial charge in [0.15, 0.2) is 0 Å². The van der Waals surface area contributed by atoms with Crippen LogP contribution in [0.15, 0.2) is 24.4 Å². The summed E-state index contributed by atoms with van der Waals surface area (Å²) in [7, 11) is 2.20. The summed E-state index contributed by atoms with van der Waals surface area (Å²) < 4.78 is 0. The number of hydrogen-bond acceptors (Lipinski definition) is 5. The van der Waals surface area contributed by atoms with Crippen molar-refractivity contribution in [2.24, 2.45) is 5.73 Å². The second-order valence-corrected chi connectivity index (χ2v) is 8.35. The molecule has 2 saturated heterocycles. The van der Waals surface area contributed by atoms with E-state index < -0.39 is 6.04 Å². The van der Waals surface area contributed by atoms with E-state index in [0.29, 0.717) is 12.5 Å². The van der Waals surface area contributed by atoms with Crippen LogP contribution >= 0.6 is 0 Å². The lowest BCUT2D eigenvalue weighted by Crippen LogP contribution is -2.52. The number of likely N-dealkylation sites (tertiary alicyclic amines) is 1. The number of carbonyl (C=O) groups is 1. The lowest BCUT2D eigenvalue weighted by molar-refractivity contribution is -0.134. The quantitative estimate of drug-likeness (QED) is 0.824. The van der Waals surface area contributed by atoms with Crippen molar-refractivity contribution in [3.63, 3.8) is 0 Å². The van der Waals surface area contributed by atoms with E-state index in [2.05, 4.69) is 33.1 Å². The van der Waals surface area contributed by atoms with Crippen molar-refractivity contribution in [1.29, 1.82) is 0 Å². The van der Waals surface area contributed by atoms with Gasteiger partial charge in [-0.1, -0.05) is 6.07 Å². The molecule has 2 aliphatic rings. The van der Waals surface area contributed by atoms with E-state index in [4.69, 9.17) is 5.73 Å². The summed E-state index contributed by atoms with van der Waals surface area (Å²) >= 11 is 0. The van der Waals surface area contributed by atoms with Gasteiger partial charge >= 0.3 is 0 Å². The van der Waals surface area contributed by atoms with Crippen molar-refractivity contribution in [2.75, 3.05) is 46.3 Å². The standard InChI is InChI=1S/C21H32N6O/c1-25-7-2-8-26(12-11-25)18-5-9-27(10-6-18)21(28)19(22)14-16-3-4-20-17(13-16)15-23-24-20/h3-4,13,15,18-19H,2,5-12,14,22H2,1H3,(H,23,24). The number of H-pyrrole nitrogens is 1. The molecule has 0 radical (unpaired) electrons. The lowest BCUT2D eigenvalue weighted by Gasteiger charge is -2.38. The highest BCUT2D eigenvalue weighted by atomic mass is 16.2. The Bertz CT molecular complexity index is 797. The summed E-state index contributed by atoms with van der Waals surface area (Å²) in [5.41, 5.74) is 8.37. The minimum Gasteiger partial charge on any atom is -0.341 e. The molecule has 1 aromatic carbocycles. The predicted molar refractivity (Wildman–Crippen MR) is 111 cm³/mol. The van der Waals surface area contributed by atoms with Gasteiger partial charge in [0.1, 0.15) is 0 Å². The molecule has 7 heteroatoms. The summed E-state index contributed by atoms with van der Waals surface area (Å²) in [6.45, 7) is 6.30. The molecule has 0 aliphatic carbocycles. The molecule has 152 valence electrons. The third-order valence-electron chi connectivity index (χ3n) is 6.32. The predicted octanol–water partition coefficient (Wildman–Crippen LogP) is 1.06. The first-order valence-electron chi connectivity index (χ1n) is 10.5. The van der Waals surface area contributed by atoms with E-state index in [1.165, 1.54) is 19.5 Å². The number of rotatable bonds is 4. The first-order valence-corrected chi connectivity index (χ1v) is 10.5. The molecule has 4 rings (SSSR count). The molecule has 2 aromatic rings. The van der Waals surface area contributed by atoms with Crippen molar-refractivity contribution in [3.8, 4) is 0 Å². The number of aromatic nitrogens is 2. The number of amides is 1. The van der Waals surface area contributed by atoms with Crippen LogP contribution in [0.5, 0.6) is 0 Å². The fourth-order valence-electron chi connectivity index (χ4n) is 4.58. The van der Waals surface area contributed by atoms with Gasteiger partial charge in [-0.2, -0.15) is 5.10 Å². The van der Waals surface area contributed by atoms with Crippen molar-refractivity contribution in [3.05, 3.63) is 30.0 Å². The SMILES string of the molecule is CN1CCCN(C2CCN(C(=O)C(N)Cc3ccc4[nH]ncc4c3)CC2)CC1. The van der Waals surface area contributed by atoms with E-state index in [9.17, 15) is 4.79 Å². The van der Waals surface area contributed by atoms with Crippen molar-refractivity contribution in [1.82, 2.24) is 24.9 Å². The first-order chi connectivity index (χ1) is 13.6. The molecule has 3 N–H and O–H groups in total. The second-order valence-electron chi connectivity index (χ2n) is 8.35. The average Bonchev–Trinajstić information content (AvgIpc) is 3.07. The molecule has 7 nitrogen and oxygen atoms in total. The van der Waals surface area contributed by atoms with Crippen LogP contribution in [0.2, 0.25) is 0 Å². The van der Waals surface area contributed by atoms with Gasteiger partial charge < -0.3 is 15.5 Å². The zero-order valence-corrected chi connectivity index (χ0v) is 16.8. The van der Waals surface area contributed by atoms with Gasteiger partial charge in [-0.25, -0.2) is 0 Å². The molecule has 2 aliphatic heterocycles. The number of benzene rings is 1. The van der Waals surface area contributed by atoms with Gasteiger partial charge in [0.05, 0.1) is 17.8 Å². The van der Waals surface area contributed by atoms with E-state index in [1.807, 2.05) is 17.0 Å². The average molecular weight is 385 g/mol. The Morgan fingerprint density at radius 2 is 2.04 bits per heavy atom. The van der Waals surface area contributed by atoms with Crippen LogP contribution < -0.4 is 5.73 Å². The molecular formula is C21H32N6O. The summed E-state index contributed by atoms with van der Waals surface area (Å²) in [4.78, 5) is 19.9. The monoisotopic (exact) mass is 384 g/mol. The van der Waals surface area contributed by atoms with Gasteiger partial charge in [-0.15, -0.1) is 0 Å². The Kier molecular flexibility index (Phi) is 5.94. The summed E-state index contributed by atoms with van der Waals surface area (Å²) in [6, 6.07) is 6.21. The molecule has 3 heterocycles. The van der Waals surface area contributed by atoms with Crippen LogP contribution in [0.25, 0.3) is 10.9 Å². The van der Waals surface area contributed by atoms with Gasteiger partial charge in [0, 0.05) is 37.6 Å². The van der Waals surface area contributed by atoms with E-state index in [0.717, 1.165) is 55.5 Å². The smallest absolute Gasteiger partial charge is 0.239 e. The maximum absolute atomic E-state index is 12.9. The van der Waals surface area contributed by atoms with Gasteiger partial charge in [-0.3, -0.25) is 14.8 Å². The Labute approximate surface area is 166 Å². The first kappa shape index (κ1) is 19.4. The van der Waals surface area contributed by atoms with Crippen LogP contribution in [0.3, 0.4) is 0 Å². The van der Waals surface area contributed by atoms with Crippen LogP contribution in [0.4, 0.5) is 0 Å². The van der Waals surface area contributed by atoms with Crippen molar-refractivity contribution >= 4 is 16.8 Å². The van der Waals surface area contributed by atoms with E-state index in [1.54, 1.807) is 6.20 Å². The van der Waals surface area contributed by atoms with Gasteiger partial charge in [0.25, 0.3) is 0 Å². The number of nitrogens with two attached hydrogens (primary N) is 1. The Hall–Kier alpha value is -1.96. The molecule has 1 aromatic heterocycles. The van der Waals surface area contributed by atoms with E-state index in [-0.39, 0.29) is 5.91 Å². The van der Waals surface area contributed by atoms with Crippen molar-refractivity contribution in [2.45, 2.75) is 37.8 Å². The number of piperidine rings is 1. The summed E-state index contributed by atoms with van der Waals surface area (Å²) in [5, 5.41) is 8.05. The van der Waals surface area contributed by atoms with Crippen LogP contribution in [0, 0.1) is 0 Å². The van der Waals surface area contributed by atoms with Crippen LogP contribution in [0.1, 0.15) is 24.8 Å². The highest BCUT2D eigenvalue weighted by Gasteiger charge is 2.29. The minimum absolute atomic E-state index is 0.0846. The minimum atomic E-state index is -0.479. The second kappa shape index (κ2) is 8.59. The topological polar surface area (TPSA) is 81.5 Å². The fourth-order valence-corrected chi connectivity index (χ4v) is 4.58. The third-order valence-corrected chi connectivity index (χ3v) is 6.32. The molecule has 0 bridgehead atoms. The summed E-state index contributed by atoms with van der Waals surface area (Å²) in [6.07, 6.45) is 5.73. The molecule has 28 heavy (non-hydrogen) atoms. The summed E-state index contributed by atoms with van der Waals surface area (Å²) in [5.74, 6) is 0.0846. The highest BCUT2D eigenvalue weighted by molar-refractivity contribution is 5.83. The molecule has 0 spiro atoms. The molecule has 1 amide bonds. The Balaban J connectivity index is 1.29. The molecule has 2 fully saturated rings. The maximum Gasteiger partial charge on any atom is 0.239 e. The van der Waals surface area contributed by atoms with Gasteiger partial charge in [-0.05, 0) is 63.5 Å². The maximum atomic E-state index is 12.9. The Morgan fingerprint density at radius 3 is 2.86 bits per heavy atom. The molecule has 0 saturated carbocycles. The largest absolute Gasteiger partial charge is 0.341 e. The van der Waals surface area contributed by atoms with Crippen LogP contribution in [-0.2, 0) is 11.2 Å². The number of nitrogens with zero attached hydrogens (tertiary/aromatic N) is 4. The number of nitrogens with one attached hydrogen (secondary N) is 1. The molecule has 1 unspecified atom stereocenters. The number of hydrogen-bond donors (Lipinski definition) is 2. The number of likely N-dealkylation sites (N-methyl/N-ethyl adjacent to an activating group) is 1. The van der Waals surface area contributed by atoms with Gasteiger partial charge in [0.2, 0.25) is 5.91 Å². The zero-order chi connectivity index (χ0) is 19.5. The van der Waals surface area contributed by atoms with Crippen molar-refractivity contribution < 1.29 is 4.79 Å². The third kappa shape index (κ3) is 4.37. The van der Waals surface area contributed by atoms with E-state index >= 15 is 0 Å². The zero-order valence-electron chi connectivity index (χ0n) is 16.8. The fraction of sp³-hybridized carbons (Fsp3) is 0.619. The van der Waals surface area contributed by atoms with Crippen LogP contribution in [-0.4, -0.2) is 89.2 Å². The molecular weight excluding hydrogens is 352 g/mol. The number of fused-ring (bicyclic) bond motifs is 1. The number of carbonyl (C=O) groups excluding carboxylic acids is 1. The highest BCUT2D eigenvalue weighted by Crippen LogP contribution is 2.20. The molecule has 1 atom stereocenters. The lowest BCUT2D eigenvalue weighted by atomic mass is 10.00.